The number of nitrogens with zero attached hydrogens (tertiary/aromatic N) is 2. The number of hydrazine groups is 1. The van der Waals surface area contributed by atoms with Gasteiger partial charge in [0.15, 0.2) is 11.5 Å². The fourth-order valence-corrected chi connectivity index (χ4v) is 5.41. The van der Waals surface area contributed by atoms with E-state index in [2.05, 4.69) is 16.0 Å². The van der Waals surface area contributed by atoms with Crippen LogP contribution in [0, 0.1) is 0 Å². The van der Waals surface area contributed by atoms with Crippen molar-refractivity contribution in [2.75, 3.05) is 13.1 Å². The topological polar surface area (TPSA) is 122 Å². The molecule has 2 N–H and O–H groups in total. The molecule has 2 aromatic carbocycles. The molecule has 0 radical (unpaired) electrons. The minimum absolute atomic E-state index is 0.0466. The van der Waals surface area contributed by atoms with Crippen molar-refractivity contribution in [3.63, 3.8) is 0 Å². The fraction of sp³-hybridized carbons (Fsp3) is 0.320. The van der Waals surface area contributed by atoms with E-state index >= 15 is 0 Å². The normalized spacial score (nSPS) is 14.7. The lowest BCUT2D eigenvalue weighted by molar-refractivity contribution is -0.121. The van der Waals surface area contributed by atoms with E-state index in [1.807, 2.05) is 30.3 Å². The van der Waals surface area contributed by atoms with Gasteiger partial charge >= 0.3 is 0 Å². The quantitative estimate of drug-likeness (QED) is 0.484. The van der Waals surface area contributed by atoms with Gasteiger partial charge in [-0.3, -0.25) is 20.4 Å². The van der Waals surface area contributed by atoms with Crippen molar-refractivity contribution in [2.45, 2.75) is 43.4 Å². The minimum Gasteiger partial charge on any atom is -0.355 e. The molecule has 2 heterocycles. The van der Waals surface area contributed by atoms with E-state index < -0.39 is 15.9 Å². The van der Waals surface area contributed by atoms with Crippen molar-refractivity contribution in [1.29, 1.82) is 0 Å². The summed E-state index contributed by atoms with van der Waals surface area (Å²) in [6, 6.07) is 17.3. The summed E-state index contributed by atoms with van der Waals surface area (Å²) in [6.45, 7) is 1.11. The molecule has 0 bridgehead atoms. The van der Waals surface area contributed by atoms with Crippen LogP contribution in [-0.2, 0) is 21.2 Å². The van der Waals surface area contributed by atoms with Gasteiger partial charge in [-0.2, -0.15) is 4.31 Å². The number of carbonyl (C=O) groups excluding carboxylic acids is 2. The maximum atomic E-state index is 12.9. The average Bonchev–Trinajstić information content (AvgIpc) is 3.21. The summed E-state index contributed by atoms with van der Waals surface area (Å²) in [6.07, 6.45) is 4.39. The van der Waals surface area contributed by atoms with Crippen LogP contribution in [0.5, 0.6) is 0 Å². The largest absolute Gasteiger partial charge is 0.355 e. The third-order valence-electron chi connectivity index (χ3n) is 5.88. The van der Waals surface area contributed by atoms with Crippen LogP contribution in [-0.4, -0.2) is 42.8 Å². The number of rotatable bonds is 7. The maximum absolute atomic E-state index is 12.9. The molecular weight excluding hydrogens is 468 g/mol. The molecule has 0 saturated carbocycles. The summed E-state index contributed by atoms with van der Waals surface area (Å²) in [5.74, 6) is -0.526. The molecule has 184 valence electrons. The number of hydrogen-bond acceptors (Lipinski definition) is 6. The van der Waals surface area contributed by atoms with Crippen LogP contribution in [0.4, 0.5) is 0 Å². The van der Waals surface area contributed by atoms with Gasteiger partial charge in [0.25, 0.3) is 5.91 Å². The second kappa shape index (κ2) is 11.3. The zero-order valence-corrected chi connectivity index (χ0v) is 20.1. The third kappa shape index (κ3) is 6.34. The van der Waals surface area contributed by atoms with Gasteiger partial charge < -0.3 is 4.52 Å². The summed E-state index contributed by atoms with van der Waals surface area (Å²) < 4.78 is 32.5. The van der Waals surface area contributed by atoms with Crippen LogP contribution in [0.1, 0.15) is 48.2 Å². The first-order valence-electron chi connectivity index (χ1n) is 11.6. The van der Waals surface area contributed by atoms with Gasteiger partial charge in [0, 0.05) is 31.1 Å². The van der Waals surface area contributed by atoms with Crippen molar-refractivity contribution in [3.05, 3.63) is 71.9 Å². The molecule has 0 spiro atoms. The third-order valence-corrected chi connectivity index (χ3v) is 7.80. The van der Waals surface area contributed by atoms with Gasteiger partial charge in [-0.1, -0.05) is 60.5 Å². The first-order valence-corrected chi connectivity index (χ1v) is 13.1. The van der Waals surface area contributed by atoms with Crippen LogP contribution in [0.15, 0.2) is 70.1 Å². The molecule has 1 aliphatic rings. The lowest BCUT2D eigenvalue weighted by Gasteiger charge is -2.20. The van der Waals surface area contributed by atoms with Crippen LogP contribution < -0.4 is 10.9 Å². The highest BCUT2D eigenvalue weighted by molar-refractivity contribution is 7.89. The molecule has 10 heteroatoms. The highest BCUT2D eigenvalue weighted by atomic mass is 32.2. The summed E-state index contributed by atoms with van der Waals surface area (Å²) in [4.78, 5) is 24.7. The maximum Gasteiger partial charge on any atom is 0.291 e. The van der Waals surface area contributed by atoms with Crippen LogP contribution in [0.3, 0.4) is 0 Å². The molecule has 35 heavy (non-hydrogen) atoms. The predicted molar refractivity (Wildman–Crippen MR) is 130 cm³/mol. The molecule has 3 aromatic rings. The van der Waals surface area contributed by atoms with Crippen LogP contribution >= 0.6 is 0 Å². The monoisotopic (exact) mass is 496 g/mol. The summed E-state index contributed by atoms with van der Waals surface area (Å²) in [5.41, 5.74) is 6.34. The number of aromatic nitrogens is 1. The van der Waals surface area contributed by atoms with Gasteiger partial charge in [-0.05, 0) is 37.0 Å². The van der Waals surface area contributed by atoms with Crippen molar-refractivity contribution in [2.24, 2.45) is 0 Å². The first kappa shape index (κ1) is 24.6. The Bertz CT molecular complexity index is 1250. The summed E-state index contributed by atoms with van der Waals surface area (Å²) in [5, 5.41) is 3.74. The molecule has 4 rings (SSSR count). The Labute approximate surface area is 204 Å². The Morgan fingerprint density at radius 1 is 0.914 bits per heavy atom. The van der Waals surface area contributed by atoms with E-state index in [1.54, 1.807) is 28.6 Å². The minimum atomic E-state index is -3.50. The standard InChI is InChI=1S/C25H28N4O5S/c30-24(26-27-25(31)22-18-23(34-28-22)20-8-4-3-5-9-20)15-12-19-10-13-21(14-11-19)35(32,33)29-16-6-1-2-7-17-29/h3-5,8-11,13-14,18H,1-2,6-7,12,15-17H2,(H,26,30)(H,27,31). The first-order chi connectivity index (χ1) is 16.9. The molecule has 1 saturated heterocycles. The molecule has 1 fully saturated rings. The van der Waals surface area contributed by atoms with Crippen LogP contribution in [0.25, 0.3) is 11.3 Å². The van der Waals surface area contributed by atoms with Gasteiger partial charge in [-0.15, -0.1) is 0 Å². The lowest BCUT2D eigenvalue weighted by Crippen LogP contribution is -2.41. The Morgan fingerprint density at radius 2 is 1.60 bits per heavy atom. The Hall–Kier alpha value is -3.50. The number of sulfonamides is 1. The second-order valence-electron chi connectivity index (χ2n) is 8.41. The van der Waals surface area contributed by atoms with E-state index in [9.17, 15) is 18.0 Å². The molecule has 2 amide bonds. The van der Waals surface area contributed by atoms with Crippen molar-refractivity contribution in [3.8, 4) is 11.3 Å². The van der Waals surface area contributed by atoms with Gasteiger partial charge in [0.2, 0.25) is 15.9 Å². The van der Waals surface area contributed by atoms with Crippen molar-refractivity contribution in [1.82, 2.24) is 20.3 Å². The smallest absolute Gasteiger partial charge is 0.291 e. The van der Waals surface area contributed by atoms with E-state index in [4.69, 9.17) is 4.52 Å². The molecule has 1 aromatic heterocycles. The van der Waals surface area contributed by atoms with E-state index in [1.165, 1.54) is 6.07 Å². The molecule has 9 nitrogen and oxygen atoms in total. The van der Waals surface area contributed by atoms with E-state index in [-0.39, 0.29) is 22.9 Å². The average molecular weight is 497 g/mol. The molecule has 0 unspecified atom stereocenters. The number of benzene rings is 2. The molecule has 0 atom stereocenters. The van der Waals surface area contributed by atoms with Crippen LogP contribution in [0.2, 0.25) is 0 Å². The zero-order chi connectivity index (χ0) is 24.7. The Balaban J connectivity index is 1.25. The SMILES string of the molecule is O=C(CCc1ccc(S(=O)(=O)N2CCCCCC2)cc1)NNC(=O)c1cc(-c2ccccc2)on1. The van der Waals surface area contributed by atoms with E-state index in [0.29, 0.717) is 25.3 Å². The predicted octanol–water partition coefficient (Wildman–Crippen LogP) is 3.30. The van der Waals surface area contributed by atoms with Crippen molar-refractivity contribution < 1.29 is 22.5 Å². The number of hydrogen-bond donors (Lipinski definition) is 2. The highest BCUT2D eigenvalue weighted by Crippen LogP contribution is 2.21. The molecule has 1 aliphatic heterocycles. The Morgan fingerprint density at radius 3 is 2.29 bits per heavy atom. The molecular formula is C25H28N4O5S. The van der Waals surface area contributed by atoms with Crippen molar-refractivity contribution >= 4 is 21.8 Å². The highest BCUT2D eigenvalue weighted by Gasteiger charge is 2.25. The second-order valence-corrected chi connectivity index (χ2v) is 10.3. The van der Waals surface area contributed by atoms with Gasteiger partial charge in [0.05, 0.1) is 4.90 Å². The number of amides is 2. The Kier molecular flexibility index (Phi) is 7.94. The number of nitrogens with one attached hydrogen (secondary N) is 2. The van der Waals surface area contributed by atoms with Gasteiger partial charge in [0.1, 0.15) is 0 Å². The summed E-state index contributed by atoms with van der Waals surface area (Å²) >= 11 is 0. The lowest BCUT2D eigenvalue weighted by atomic mass is 10.1. The number of aryl methyl sites for hydroxylation is 1. The fourth-order valence-electron chi connectivity index (χ4n) is 3.89. The zero-order valence-electron chi connectivity index (χ0n) is 19.3. The van der Waals surface area contributed by atoms with E-state index in [0.717, 1.165) is 36.8 Å². The summed E-state index contributed by atoms with van der Waals surface area (Å²) in [7, 11) is -3.50. The van der Waals surface area contributed by atoms with Gasteiger partial charge in [-0.25, -0.2) is 8.42 Å². The number of carbonyl (C=O) groups is 2. The molecule has 0 aliphatic carbocycles.